The Hall–Kier alpha value is -1.75. The summed E-state index contributed by atoms with van der Waals surface area (Å²) in [6.07, 6.45) is 0.382. The van der Waals surface area contributed by atoms with Gasteiger partial charge in [0.1, 0.15) is 17.1 Å². The zero-order chi connectivity index (χ0) is 13.1. The first-order chi connectivity index (χ1) is 7.87. The van der Waals surface area contributed by atoms with E-state index in [4.69, 9.17) is 5.11 Å². The number of aromatic hydroxyl groups is 2. The standard InChI is InChI=1S/C12H17NO4/c1-12(2,6-7-14)13-11(17)10-8(15)4-3-5-9(10)16/h3-5,14-16H,6-7H2,1-2H3,(H,13,17). The lowest BCUT2D eigenvalue weighted by atomic mass is 10.0. The molecule has 1 amide bonds. The lowest BCUT2D eigenvalue weighted by Gasteiger charge is -2.25. The van der Waals surface area contributed by atoms with Gasteiger partial charge in [0, 0.05) is 12.1 Å². The highest BCUT2D eigenvalue weighted by molar-refractivity contribution is 5.99. The first-order valence-corrected chi connectivity index (χ1v) is 5.32. The number of benzene rings is 1. The molecule has 0 aliphatic heterocycles. The normalized spacial score (nSPS) is 11.2. The van der Waals surface area contributed by atoms with Crippen molar-refractivity contribution < 1.29 is 20.1 Å². The fraction of sp³-hybridized carbons (Fsp3) is 0.417. The van der Waals surface area contributed by atoms with Crippen molar-refractivity contribution in [1.29, 1.82) is 0 Å². The van der Waals surface area contributed by atoms with Crippen LogP contribution in [0.25, 0.3) is 0 Å². The van der Waals surface area contributed by atoms with Gasteiger partial charge in [0.05, 0.1) is 0 Å². The third-order valence-electron chi connectivity index (χ3n) is 2.44. The highest BCUT2D eigenvalue weighted by Gasteiger charge is 2.24. The summed E-state index contributed by atoms with van der Waals surface area (Å²) in [5, 5.41) is 30.5. The molecule has 1 aromatic rings. The van der Waals surface area contributed by atoms with Crippen LogP contribution in [0.3, 0.4) is 0 Å². The van der Waals surface area contributed by atoms with Crippen LogP contribution in [0, 0.1) is 0 Å². The Morgan fingerprint density at radius 3 is 2.29 bits per heavy atom. The number of carbonyl (C=O) groups excluding carboxylic acids is 1. The van der Waals surface area contributed by atoms with Crippen molar-refractivity contribution in [3.8, 4) is 11.5 Å². The third kappa shape index (κ3) is 3.35. The Labute approximate surface area is 99.7 Å². The maximum atomic E-state index is 11.9. The molecule has 0 unspecified atom stereocenters. The van der Waals surface area contributed by atoms with Crippen molar-refractivity contribution in [3.63, 3.8) is 0 Å². The molecular formula is C12H17NO4. The number of hydrogen-bond donors (Lipinski definition) is 4. The van der Waals surface area contributed by atoms with E-state index in [2.05, 4.69) is 5.32 Å². The zero-order valence-electron chi connectivity index (χ0n) is 9.90. The van der Waals surface area contributed by atoms with Crippen LogP contribution in [0.4, 0.5) is 0 Å². The Balaban J connectivity index is 2.91. The second-order valence-corrected chi connectivity index (χ2v) is 4.48. The summed E-state index contributed by atoms with van der Waals surface area (Å²) in [6, 6.07) is 4.10. The summed E-state index contributed by atoms with van der Waals surface area (Å²) in [7, 11) is 0. The fourth-order valence-electron chi connectivity index (χ4n) is 1.47. The lowest BCUT2D eigenvalue weighted by Crippen LogP contribution is -2.44. The molecule has 17 heavy (non-hydrogen) atoms. The molecule has 0 aromatic heterocycles. The molecule has 1 aromatic carbocycles. The molecule has 0 aliphatic rings. The first kappa shape index (κ1) is 13.3. The van der Waals surface area contributed by atoms with Crippen LogP contribution in [0.5, 0.6) is 11.5 Å². The molecular weight excluding hydrogens is 222 g/mol. The van der Waals surface area contributed by atoms with Crippen molar-refractivity contribution in [1.82, 2.24) is 5.32 Å². The molecule has 0 saturated carbocycles. The van der Waals surface area contributed by atoms with E-state index in [0.29, 0.717) is 6.42 Å². The van der Waals surface area contributed by atoms with Gasteiger partial charge in [-0.05, 0) is 32.4 Å². The maximum absolute atomic E-state index is 11.9. The monoisotopic (exact) mass is 239 g/mol. The number of phenols is 2. The Morgan fingerprint density at radius 1 is 1.29 bits per heavy atom. The van der Waals surface area contributed by atoms with Crippen molar-refractivity contribution in [3.05, 3.63) is 23.8 Å². The molecule has 0 spiro atoms. The van der Waals surface area contributed by atoms with Gasteiger partial charge in [0.25, 0.3) is 5.91 Å². The van der Waals surface area contributed by atoms with Gasteiger partial charge < -0.3 is 20.6 Å². The molecule has 1 rings (SSSR count). The van der Waals surface area contributed by atoms with Gasteiger partial charge in [-0.1, -0.05) is 6.07 Å². The van der Waals surface area contributed by atoms with E-state index in [1.54, 1.807) is 13.8 Å². The van der Waals surface area contributed by atoms with Crippen LogP contribution in [0.2, 0.25) is 0 Å². The number of aliphatic hydroxyl groups is 1. The lowest BCUT2D eigenvalue weighted by molar-refractivity contribution is 0.0894. The quantitative estimate of drug-likeness (QED) is 0.630. The molecule has 5 nitrogen and oxygen atoms in total. The van der Waals surface area contributed by atoms with Crippen molar-refractivity contribution in [2.75, 3.05) is 6.61 Å². The van der Waals surface area contributed by atoms with Crippen LogP contribution < -0.4 is 5.32 Å². The van der Waals surface area contributed by atoms with Gasteiger partial charge in [-0.3, -0.25) is 4.79 Å². The summed E-state index contributed by atoms with van der Waals surface area (Å²) in [6.45, 7) is 3.44. The van der Waals surface area contributed by atoms with Crippen LogP contribution in [0.15, 0.2) is 18.2 Å². The van der Waals surface area contributed by atoms with Gasteiger partial charge in [-0.15, -0.1) is 0 Å². The zero-order valence-corrected chi connectivity index (χ0v) is 9.90. The van der Waals surface area contributed by atoms with E-state index < -0.39 is 11.4 Å². The summed E-state index contributed by atoms with van der Waals surface area (Å²) in [5.74, 6) is -1.12. The SMILES string of the molecule is CC(C)(CCO)NC(=O)c1c(O)cccc1O. The van der Waals surface area contributed by atoms with Gasteiger partial charge in [-0.25, -0.2) is 0 Å². The van der Waals surface area contributed by atoms with E-state index >= 15 is 0 Å². The average Bonchev–Trinajstić information content (AvgIpc) is 2.15. The van der Waals surface area contributed by atoms with Gasteiger partial charge in [0.2, 0.25) is 0 Å². The largest absolute Gasteiger partial charge is 0.507 e. The van der Waals surface area contributed by atoms with Crippen LogP contribution in [-0.4, -0.2) is 33.4 Å². The Bertz CT molecular complexity index is 395. The van der Waals surface area contributed by atoms with E-state index in [1.807, 2.05) is 0 Å². The second-order valence-electron chi connectivity index (χ2n) is 4.48. The molecule has 0 saturated heterocycles. The minimum atomic E-state index is -0.611. The number of amides is 1. The number of aliphatic hydroxyl groups excluding tert-OH is 1. The number of rotatable bonds is 4. The summed E-state index contributed by atoms with van der Waals surface area (Å²) in [5.41, 5.74) is -0.765. The van der Waals surface area contributed by atoms with Crippen molar-refractivity contribution in [2.24, 2.45) is 0 Å². The Morgan fingerprint density at radius 2 is 1.82 bits per heavy atom. The van der Waals surface area contributed by atoms with Gasteiger partial charge >= 0.3 is 0 Å². The fourth-order valence-corrected chi connectivity index (χ4v) is 1.47. The molecule has 0 atom stereocenters. The molecule has 94 valence electrons. The van der Waals surface area contributed by atoms with Gasteiger partial charge in [-0.2, -0.15) is 0 Å². The van der Waals surface area contributed by atoms with Gasteiger partial charge in [0.15, 0.2) is 0 Å². The predicted octanol–water partition coefficient (Wildman–Crippen LogP) is 0.989. The topological polar surface area (TPSA) is 89.8 Å². The number of hydrogen-bond acceptors (Lipinski definition) is 4. The maximum Gasteiger partial charge on any atom is 0.259 e. The van der Waals surface area contributed by atoms with Crippen molar-refractivity contribution in [2.45, 2.75) is 25.8 Å². The van der Waals surface area contributed by atoms with E-state index in [1.165, 1.54) is 18.2 Å². The van der Waals surface area contributed by atoms with Crippen LogP contribution >= 0.6 is 0 Å². The molecule has 0 heterocycles. The third-order valence-corrected chi connectivity index (χ3v) is 2.44. The predicted molar refractivity (Wildman–Crippen MR) is 63.0 cm³/mol. The van der Waals surface area contributed by atoms with Crippen LogP contribution in [0.1, 0.15) is 30.6 Å². The van der Waals surface area contributed by atoms with Crippen LogP contribution in [-0.2, 0) is 0 Å². The van der Waals surface area contributed by atoms with Crippen molar-refractivity contribution >= 4 is 5.91 Å². The van der Waals surface area contributed by atoms with E-state index in [0.717, 1.165) is 0 Å². The van der Waals surface area contributed by atoms with E-state index in [-0.39, 0.29) is 23.7 Å². The second kappa shape index (κ2) is 5.05. The summed E-state index contributed by atoms with van der Waals surface area (Å²) >= 11 is 0. The summed E-state index contributed by atoms with van der Waals surface area (Å²) < 4.78 is 0. The highest BCUT2D eigenvalue weighted by atomic mass is 16.3. The molecule has 5 heteroatoms. The molecule has 4 N–H and O–H groups in total. The Kier molecular flexibility index (Phi) is 3.96. The first-order valence-electron chi connectivity index (χ1n) is 5.32. The number of phenolic OH excluding ortho intramolecular Hbond substituents is 2. The smallest absolute Gasteiger partial charge is 0.259 e. The summed E-state index contributed by atoms with van der Waals surface area (Å²) in [4.78, 5) is 11.9. The average molecular weight is 239 g/mol. The molecule has 0 aliphatic carbocycles. The number of nitrogens with one attached hydrogen (secondary N) is 1. The minimum absolute atomic E-state index is 0.0555. The minimum Gasteiger partial charge on any atom is -0.507 e. The van der Waals surface area contributed by atoms with E-state index in [9.17, 15) is 15.0 Å². The highest BCUT2D eigenvalue weighted by Crippen LogP contribution is 2.26. The number of carbonyl (C=O) groups is 1. The molecule has 0 fully saturated rings. The molecule has 0 radical (unpaired) electrons. The molecule has 0 bridgehead atoms.